The minimum atomic E-state index is -0.396. The molecule has 142 valence electrons. The number of aromatic nitrogens is 2. The topological polar surface area (TPSA) is 61.2 Å². The lowest BCUT2D eigenvalue weighted by Crippen LogP contribution is -2.21. The minimum Gasteiger partial charge on any atom is -0.461 e. The number of nitrogens with zero attached hydrogens (tertiary/aromatic N) is 2. The lowest BCUT2D eigenvalue weighted by Gasteiger charge is -2.09. The van der Waals surface area contributed by atoms with E-state index in [2.05, 4.69) is 11.9 Å². The average Bonchev–Trinajstić information content (AvgIpc) is 3.00. The van der Waals surface area contributed by atoms with Crippen LogP contribution in [-0.2, 0) is 11.3 Å². The van der Waals surface area contributed by atoms with Gasteiger partial charge in [0, 0.05) is 5.02 Å². The van der Waals surface area contributed by atoms with Crippen LogP contribution in [0.5, 0.6) is 0 Å². The van der Waals surface area contributed by atoms with Crippen molar-refractivity contribution in [3.05, 3.63) is 62.0 Å². The second kappa shape index (κ2) is 8.23. The molecule has 1 aromatic carbocycles. The van der Waals surface area contributed by atoms with Crippen LogP contribution >= 0.6 is 22.9 Å². The standard InChI is InChI=1S/C20H21ClN2O3S/c1-4-12(2)10-26-20(25)17-13(3)16-18(27-17)22-11-23(19(16)24)9-14-7-5-6-8-15(14)21/h5-8,11-12H,4,9-10H2,1-3H3/t12-/m1/s1. The summed E-state index contributed by atoms with van der Waals surface area (Å²) < 4.78 is 6.90. The summed E-state index contributed by atoms with van der Waals surface area (Å²) in [5.41, 5.74) is 1.27. The maximum absolute atomic E-state index is 12.9. The number of benzene rings is 1. The van der Waals surface area contributed by atoms with Gasteiger partial charge < -0.3 is 4.74 Å². The molecule has 2 aromatic heterocycles. The molecule has 2 heterocycles. The van der Waals surface area contributed by atoms with Crippen LogP contribution in [-0.4, -0.2) is 22.1 Å². The summed E-state index contributed by atoms with van der Waals surface area (Å²) in [4.78, 5) is 30.7. The second-order valence-electron chi connectivity index (χ2n) is 6.62. The molecule has 0 aliphatic carbocycles. The Morgan fingerprint density at radius 2 is 2.11 bits per heavy atom. The third-order valence-corrected chi connectivity index (χ3v) is 6.15. The fourth-order valence-corrected chi connectivity index (χ4v) is 3.91. The Balaban J connectivity index is 1.94. The van der Waals surface area contributed by atoms with Crippen LogP contribution < -0.4 is 5.56 Å². The summed E-state index contributed by atoms with van der Waals surface area (Å²) in [6.07, 6.45) is 2.44. The van der Waals surface area contributed by atoms with Gasteiger partial charge >= 0.3 is 5.97 Å². The maximum atomic E-state index is 12.9. The first-order valence-electron chi connectivity index (χ1n) is 8.81. The second-order valence-corrected chi connectivity index (χ2v) is 8.02. The minimum absolute atomic E-state index is 0.186. The van der Waals surface area contributed by atoms with Crippen molar-refractivity contribution in [3.63, 3.8) is 0 Å². The molecule has 5 nitrogen and oxygen atoms in total. The van der Waals surface area contributed by atoms with Crippen molar-refractivity contribution >= 4 is 39.1 Å². The molecule has 27 heavy (non-hydrogen) atoms. The SMILES string of the molecule is CC[C@@H](C)COC(=O)c1sc2ncn(Cc3ccccc3Cl)c(=O)c2c1C. The largest absolute Gasteiger partial charge is 0.461 e. The number of aryl methyl sites for hydroxylation is 1. The summed E-state index contributed by atoms with van der Waals surface area (Å²) in [7, 11) is 0. The molecule has 3 rings (SSSR count). The van der Waals surface area contributed by atoms with Crippen LogP contribution in [0.25, 0.3) is 10.2 Å². The van der Waals surface area contributed by atoms with E-state index in [1.54, 1.807) is 13.0 Å². The molecule has 0 unspecified atom stereocenters. The van der Waals surface area contributed by atoms with Gasteiger partial charge in [-0.3, -0.25) is 9.36 Å². The highest BCUT2D eigenvalue weighted by atomic mass is 35.5. The summed E-state index contributed by atoms with van der Waals surface area (Å²) in [5, 5.41) is 1.06. The molecule has 0 radical (unpaired) electrons. The maximum Gasteiger partial charge on any atom is 0.348 e. The molecule has 3 aromatic rings. The highest BCUT2D eigenvalue weighted by Crippen LogP contribution is 2.28. The van der Waals surface area contributed by atoms with E-state index in [1.807, 2.05) is 25.1 Å². The van der Waals surface area contributed by atoms with Crippen molar-refractivity contribution < 1.29 is 9.53 Å². The van der Waals surface area contributed by atoms with Crippen LogP contribution in [0.2, 0.25) is 5.02 Å². The van der Waals surface area contributed by atoms with E-state index in [0.29, 0.717) is 44.7 Å². The molecule has 0 fully saturated rings. The van der Waals surface area contributed by atoms with Crippen molar-refractivity contribution in [2.75, 3.05) is 6.61 Å². The lowest BCUT2D eigenvalue weighted by atomic mass is 10.1. The predicted molar refractivity (Wildman–Crippen MR) is 109 cm³/mol. The first kappa shape index (κ1) is 19.6. The zero-order valence-electron chi connectivity index (χ0n) is 15.5. The van der Waals surface area contributed by atoms with Crippen molar-refractivity contribution in [1.29, 1.82) is 0 Å². The van der Waals surface area contributed by atoms with Gasteiger partial charge in [0.15, 0.2) is 0 Å². The van der Waals surface area contributed by atoms with Gasteiger partial charge in [-0.15, -0.1) is 11.3 Å². The summed E-state index contributed by atoms with van der Waals surface area (Å²) in [6.45, 7) is 6.54. The van der Waals surface area contributed by atoms with Gasteiger partial charge in [-0.2, -0.15) is 0 Å². The van der Waals surface area contributed by atoms with E-state index in [9.17, 15) is 9.59 Å². The highest BCUT2D eigenvalue weighted by molar-refractivity contribution is 7.20. The van der Waals surface area contributed by atoms with Gasteiger partial charge in [0.05, 0.1) is 24.9 Å². The van der Waals surface area contributed by atoms with E-state index in [1.165, 1.54) is 22.2 Å². The van der Waals surface area contributed by atoms with Crippen molar-refractivity contribution in [3.8, 4) is 0 Å². The number of hydrogen-bond acceptors (Lipinski definition) is 5. The summed E-state index contributed by atoms with van der Waals surface area (Å²) >= 11 is 7.40. The molecule has 0 amide bonds. The monoisotopic (exact) mass is 404 g/mol. The zero-order valence-corrected chi connectivity index (χ0v) is 17.1. The molecule has 1 atom stereocenters. The number of thiophene rings is 1. The molecule has 0 bridgehead atoms. The van der Waals surface area contributed by atoms with Crippen LogP contribution in [0.15, 0.2) is 35.4 Å². The Kier molecular flexibility index (Phi) is 5.97. The van der Waals surface area contributed by atoms with Crippen molar-refractivity contribution in [2.24, 2.45) is 5.92 Å². The van der Waals surface area contributed by atoms with Gasteiger partial charge in [0.2, 0.25) is 0 Å². The molecule has 0 saturated heterocycles. The molecule has 0 N–H and O–H groups in total. The number of carbonyl (C=O) groups is 1. The number of carbonyl (C=O) groups excluding carboxylic acids is 1. The Morgan fingerprint density at radius 1 is 1.37 bits per heavy atom. The summed E-state index contributed by atoms with van der Waals surface area (Å²) in [5.74, 6) is -0.0949. The molecule has 0 spiro atoms. The van der Waals surface area contributed by atoms with Crippen molar-refractivity contribution in [2.45, 2.75) is 33.7 Å². The fraction of sp³-hybridized carbons (Fsp3) is 0.350. The van der Waals surface area contributed by atoms with Crippen LogP contribution in [0, 0.1) is 12.8 Å². The van der Waals surface area contributed by atoms with Crippen LogP contribution in [0.4, 0.5) is 0 Å². The predicted octanol–water partition coefficient (Wildman–Crippen LogP) is 4.67. The third-order valence-electron chi connectivity index (χ3n) is 4.60. The quantitative estimate of drug-likeness (QED) is 0.560. The van der Waals surface area contributed by atoms with Gasteiger partial charge in [0.1, 0.15) is 9.71 Å². The molecular weight excluding hydrogens is 384 g/mol. The van der Waals surface area contributed by atoms with Gasteiger partial charge in [-0.05, 0) is 30.0 Å². The molecule has 7 heteroatoms. The molecule has 0 aliphatic heterocycles. The third kappa shape index (κ3) is 4.06. The van der Waals surface area contributed by atoms with E-state index < -0.39 is 5.97 Å². The number of hydrogen-bond donors (Lipinski definition) is 0. The number of esters is 1. The number of halogens is 1. The Bertz CT molecular complexity index is 1040. The number of rotatable bonds is 6. The normalized spacial score (nSPS) is 12.3. The lowest BCUT2D eigenvalue weighted by molar-refractivity contribution is 0.0452. The van der Waals surface area contributed by atoms with Crippen molar-refractivity contribution in [1.82, 2.24) is 9.55 Å². The number of fused-ring (bicyclic) bond motifs is 1. The zero-order chi connectivity index (χ0) is 19.6. The highest BCUT2D eigenvalue weighted by Gasteiger charge is 2.21. The van der Waals surface area contributed by atoms with Gasteiger partial charge in [-0.1, -0.05) is 50.1 Å². The van der Waals surface area contributed by atoms with E-state index >= 15 is 0 Å². The fourth-order valence-electron chi connectivity index (χ4n) is 2.68. The van der Waals surface area contributed by atoms with E-state index in [0.717, 1.165) is 12.0 Å². The molecular formula is C20H21ClN2O3S. The van der Waals surface area contributed by atoms with Gasteiger partial charge in [-0.25, -0.2) is 9.78 Å². The van der Waals surface area contributed by atoms with Crippen LogP contribution in [0.1, 0.15) is 41.1 Å². The Morgan fingerprint density at radius 3 is 2.81 bits per heavy atom. The Hall–Kier alpha value is -2.18. The molecule has 0 aliphatic rings. The first-order valence-corrected chi connectivity index (χ1v) is 10.0. The van der Waals surface area contributed by atoms with Crippen LogP contribution in [0.3, 0.4) is 0 Å². The molecule has 0 saturated carbocycles. The van der Waals surface area contributed by atoms with E-state index in [-0.39, 0.29) is 5.56 Å². The first-order chi connectivity index (χ1) is 12.9. The summed E-state index contributed by atoms with van der Waals surface area (Å²) in [6, 6.07) is 7.38. The Labute approximate surface area is 166 Å². The average molecular weight is 405 g/mol. The number of ether oxygens (including phenoxy) is 1. The van der Waals surface area contributed by atoms with E-state index in [4.69, 9.17) is 16.3 Å². The van der Waals surface area contributed by atoms with Gasteiger partial charge in [0.25, 0.3) is 5.56 Å². The smallest absolute Gasteiger partial charge is 0.348 e.